The summed E-state index contributed by atoms with van der Waals surface area (Å²) in [5.41, 5.74) is 15.1. The van der Waals surface area contributed by atoms with E-state index in [1.807, 2.05) is 0 Å². The molecule has 0 fully saturated rings. The molecule has 28 heavy (non-hydrogen) atoms. The number of nitrogens with two attached hydrogens (primary N) is 1. The highest BCUT2D eigenvalue weighted by molar-refractivity contribution is 5.81. The van der Waals surface area contributed by atoms with Crippen LogP contribution in [0, 0.1) is 5.41 Å². The molecule has 2 N–H and O–H groups in total. The van der Waals surface area contributed by atoms with Crippen LogP contribution in [0.15, 0.2) is 36.4 Å². The molecule has 2 aromatic rings. The Morgan fingerprint density at radius 1 is 0.607 bits per heavy atom. The maximum atomic E-state index is 6.71. The highest BCUT2D eigenvalue weighted by Gasteiger charge is 2.46. The van der Waals surface area contributed by atoms with Crippen LogP contribution in [0.5, 0.6) is 0 Å². The molecule has 1 aliphatic rings. The zero-order valence-electron chi connectivity index (χ0n) is 19.6. The van der Waals surface area contributed by atoms with Gasteiger partial charge in [0.05, 0.1) is 0 Å². The molecule has 0 saturated carbocycles. The van der Waals surface area contributed by atoms with Crippen molar-refractivity contribution in [1.82, 2.24) is 0 Å². The third-order valence-corrected chi connectivity index (χ3v) is 7.13. The van der Waals surface area contributed by atoms with Crippen LogP contribution in [-0.4, -0.2) is 5.54 Å². The van der Waals surface area contributed by atoms with Crippen molar-refractivity contribution in [2.75, 3.05) is 0 Å². The fraction of sp³-hybridized carbons (Fsp3) is 0.556. The smallest absolute Gasteiger partial charge is 0.0170 e. The predicted molar refractivity (Wildman–Crippen MR) is 123 cm³/mol. The molecule has 0 saturated heterocycles. The largest absolute Gasteiger partial charge is 0.325 e. The summed E-state index contributed by atoms with van der Waals surface area (Å²) < 4.78 is 0. The van der Waals surface area contributed by atoms with Gasteiger partial charge in [0.1, 0.15) is 0 Å². The number of hydrogen-bond acceptors (Lipinski definition) is 1. The summed E-state index contributed by atoms with van der Waals surface area (Å²) in [5, 5.41) is 0. The van der Waals surface area contributed by atoms with E-state index in [1.54, 1.807) is 0 Å². The Bertz CT molecular complexity index is 832. The van der Waals surface area contributed by atoms with Crippen molar-refractivity contribution in [3.8, 4) is 11.1 Å². The normalized spacial score (nSPS) is 15.5. The van der Waals surface area contributed by atoms with E-state index >= 15 is 0 Å². The second-order valence-electron chi connectivity index (χ2n) is 12.0. The van der Waals surface area contributed by atoms with Crippen LogP contribution in [0.3, 0.4) is 0 Å². The Morgan fingerprint density at radius 3 is 1.25 bits per heavy atom. The van der Waals surface area contributed by atoms with Gasteiger partial charge < -0.3 is 5.73 Å². The zero-order valence-corrected chi connectivity index (χ0v) is 19.6. The first-order chi connectivity index (χ1) is 12.5. The Kier molecular flexibility index (Phi) is 4.67. The van der Waals surface area contributed by atoms with Gasteiger partial charge in [-0.25, -0.2) is 0 Å². The summed E-state index contributed by atoms with van der Waals surface area (Å²) >= 11 is 0. The van der Waals surface area contributed by atoms with Crippen LogP contribution in [0.4, 0.5) is 0 Å². The van der Waals surface area contributed by atoms with Gasteiger partial charge in [0.2, 0.25) is 0 Å². The standard InChI is InChI=1S/C27H39N/c1-24(2,3)17-11-13-19-21(15-17)22-16-18(25(4,5)6)12-14-20(22)23(19)26(7,8)27(9,10)28/h11-16,23H,28H2,1-10H3. The summed E-state index contributed by atoms with van der Waals surface area (Å²) in [7, 11) is 0. The first-order valence-electron chi connectivity index (χ1n) is 10.6. The van der Waals surface area contributed by atoms with E-state index in [-0.39, 0.29) is 21.8 Å². The second kappa shape index (κ2) is 6.20. The molecule has 0 bridgehead atoms. The molecule has 0 amide bonds. The summed E-state index contributed by atoms with van der Waals surface area (Å²) in [4.78, 5) is 0. The van der Waals surface area contributed by atoms with Gasteiger partial charge in [0.15, 0.2) is 0 Å². The van der Waals surface area contributed by atoms with E-state index in [0.717, 1.165) is 0 Å². The Balaban J connectivity index is 2.32. The van der Waals surface area contributed by atoms with Crippen molar-refractivity contribution in [3.05, 3.63) is 58.7 Å². The van der Waals surface area contributed by atoms with Crippen molar-refractivity contribution < 1.29 is 0 Å². The molecule has 0 aliphatic heterocycles. The van der Waals surface area contributed by atoms with Gasteiger partial charge in [-0.2, -0.15) is 0 Å². The predicted octanol–water partition coefficient (Wildman–Crippen LogP) is 7.16. The van der Waals surface area contributed by atoms with Crippen molar-refractivity contribution in [2.24, 2.45) is 11.1 Å². The Hall–Kier alpha value is -1.60. The van der Waals surface area contributed by atoms with Gasteiger partial charge >= 0.3 is 0 Å². The van der Waals surface area contributed by atoms with Crippen LogP contribution in [0.2, 0.25) is 0 Å². The highest BCUT2D eigenvalue weighted by atomic mass is 14.8. The van der Waals surface area contributed by atoms with Crippen LogP contribution in [0.25, 0.3) is 11.1 Å². The van der Waals surface area contributed by atoms with Crippen LogP contribution in [-0.2, 0) is 10.8 Å². The van der Waals surface area contributed by atoms with E-state index in [2.05, 4.69) is 106 Å². The Labute approximate surface area is 172 Å². The molecule has 1 heteroatoms. The molecule has 1 nitrogen and oxygen atoms in total. The first kappa shape index (κ1) is 21.1. The first-order valence-corrected chi connectivity index (χ1v) is 10.6. The zero-order chi connectivity index (χ0) is 21.3. The molecule has 0 spiro atoms. The van der Waals surface area contributed by atoms with E-state index < -0.39 is 0 Å². The van der Waals surface area contributed by atoms with Gasteiger partial charge in [-0.1, -0.05) is 91.8 Å². The molecule has 0 heterocycles. The van der Waals surface area contributed by atoms with Crippen molar-refractivity contribution in [2.45, 2.75) is 91.5 Å². The number of fused-ring (bicyclic) bond motifs is 3. The van der Waals surface area contributed by atoms with E-state index in [4.69, 9.17) is 5.73 Å². The molecule has 1 aliphatic carbocycles. The summed E-state index contributed by atoms with van der Waals surface area (Å²) in [6, 6.07) is 14.2. The fourth-order valence-corrected chi connectivity index (χ4v) is 4.33. The molecule has 0 radical (unpaired) electrons. The number of hydrogen-bond donors (Lipinski definition) is 1. The van der Waals surface area contributed by atoms with E-state index in [9.17, 15) is 0 Å². The molecular weight excluding hydrogens is 338 g/mol. The van der Waals surface area contributed by atoms with Crippen LogP contribution >= 0.6 is 0 Å². The molecule has 0 unspecified atom stereocenters. The molecule has 2 aromatic carbocycles. The minimum Gasteiger partial charge on any atom is -0.325 e. The summed E-state index contributed by atoms with van der Waals surface area (Å²) in [5.74, 6) is 0.306. The summed E-state index contributed by atoms with van der Waals surface area (Å²) in [6.45, 7) is 22.7. The topological polar surface area (TPSA) is 26.0 Å². The lowest BCUT2D eigenvalue weighted by Crippen LogP contribution is -2.50. The van der Waals surface area contributed by atoms with Gasteiger partial charge in [-0.05, 0) is 63.5 Å². The summed E-state index contributed by atoms with van der Waals surface area (Å²) in [6.07, 6.45) is 0. The SMILES string of the molecule is CC(C)(C)c1ccc2c(c1)-c1cc(C(C)(C)C)ccc1C2C(C)(C)C(C)(C)N. The van der Waals surface area contributed by atoms with E-state index in [0.29, 0.717) is 5.92 Å². The quantitative estimate of drug-likeness (QED) is 0.590. The van der Waals surface area contributed by atoms with E-state index in [1.165, 1.54) is 33.4 Å². The minimum atomic E-state index is -0.290. The molecule has 152 valence electrons. The number of benzene rings is 2. The minimum absolute atomic E-state index is 0.0699. The lowest BCUT2D eigenvalue weighted by molar-refractivity contribution is 0.176. The average molecular weight is 378 g/mol. The fourth-order valence-electron chi connectivity index (χ4n) is 4.33. The Morgan fingerprint density at radius 2 is 0.964 bits per heavy atom. The highest BCUT2D eigenvalue weighted by Crippen LogP contribution is 2.56. The van der Waals surface area contributed by atoms with Crippen molar-refractivity contribution in [1.29, 1.82) is 0 Å². The lowest BCUT2D eigenvalue weighted by Gasteiger charge is -2.44. The monoisotopic (exact) mass is 377 g/mol. The molecule has 0 aromatic heterocycles. The second-order valence-corrected chi connectivity index (χ2v) is 12.0. The molecule has 3 rings (SSSR count). The third-order valence-electron chi connectivity index (χ3n) is 7.13. The maximum Gasteiger partial charge on any atom is 0.0170 e. The average Bonchev–Trinajstić information content (AvgIpc) is 2.85. The van der Waals surface area contributed by atoms with Gasteiger partial charge in [0.25, 0.3) is 0 Å². The number of rotatable bonds is 2. The van der Waals surface area contributed by atoms with Crippen molar-refractivity contribution in [3.63, 3.8) is 0 Å². The van der Waals surface area contributed by atoms with Gasteiger partial charge in [-0.15, -0.1) is 0 Å². The molecular formula is C27H39N. The van der Waals surface area contributed by atoms with Gasteiger partial charge in [-0.3, -0.25) is 0 Å². The van der Waals surface area contributed by atoms with Crippen molar-refractivity contribution >= 4 is 0 Å². The lowest BCUT2D eigenvalue weighted by atomic mass is 9.63. The van der Waals surface area contributed by atoms with Gasteiger partial charge in [0, 0.05) is 11.5 Å². The molecule has 0 atom stereocenters. The third kappa shape index (κ3) is 3.32. The van der Waals surface area contributed by atoms with Crippen LogP contribution in [0.1, 0.15) is 97.4 Å². The maximum absolute atomic E-state index is 6.71. The van der Waals surface area contributed by atoms with Crippen LogP contribution < -0.4 is 5.73 Å².